The Bertz CT molecular complexity index is 2950. The van der Waals surface area contributed by atoms with Gasteiger partial charge in [-0.2, -0.15) is 0 Å². The summed E-state index contributed by atoms with van der Waals surface area (Å²) in [6.07, 6.45) is 0. The van der Waals surface area contributed by atoms with Gasteiger partial charge in [0.1, 0.15) is 11.2 Å². The lowest BCUT2D eigenvalue weighted by molar-refractivity contribution is 0.669. The van der Waals surface area contributed by atoms with Crippen LogP contribution in [0.15, 0.2) is 192 Å². The highest BCUT2D eigenvalue weighted by atomic mass is 16.3. The Kier molecular flexibility index (Phi) is 7.43. The van der Waals surface area contributed by atoms with Crippen molar-refractivity contribution >= 4 is 32.7 Å². The molecule has 0 saturated heterocycles. The number of rotatable bonds is 6. The summed E-state index contributed by atoms with van der Waals surface area (Å²) in [5, 5.41) is 4.30. The van der Waals surface area contributed by atoms with Gasteiger partial charge in [-0.05, 0) is 74.5 Å². The first-order valence-electron chi connectivity index (χ1n) is 17.8. The second kappa shape index (κ2) is 12.9. The van der Waals surface area contributed by atoms with E-state index in [1.807, 2.05) is 60.7 Å². The second-order valence-electron chi connectivity index (χ2n) is 13.2. The van der Waals surface area contributed by atoms with E-state index in [1.165, 1.54) is 22.3 Å². The Morgan fingerprint density at radius 1 is 0.283 bits per heavy atom. The van der Waals surface area contributed by atoms with Crippen LogP contribution in [0, 0.1) is 0 Å². The first kappa shape index (κ1) is 30.6. The zero-order valence-electron chi connectivity index (χ0n) is 28.6. The lowest BCUT2D eigenvalue weighted by Crippen LogP contribution is -2.01. The average Bonchev–Trinajstić information content (AvgIpc) is 3.63. The maximum absolute atomic E-state index is 6.43. The zero-order valence-corrected chi connectivity index (χ0v) is 28.6. The fourth-order valence-corrected chi connectivity index (χ4v) is 7.38. The Labute approximate surface area is 306 Å². The monoisotopic (exact) mass is 677 g/mol. The molecule has 0 saturated carbocycles. The van der Waals surface area contributed by atoms with Crippen LogP contribution in [0.25, 0.3) is 100 Å². The Hall–Kier alpha value is -7.17. The smallest absolute Gasteiger partial charge is 0.167 e. The van der Waals surface area contributed by atoms with Gasteiger partial charge in [0.25, 0.3) is 0 Å². The molecule has 0 N–H and O–H groups in total. The fraction of sp³-hybridized carbons (Fsp3) is 0. The van der Waals surface area contributed by atoms with Crippen molar-refractivity contribution in [1.29, 1.82) is 0 Å². The van der Waals surface area contributed by atoms with E-state index in [-0.39, 0.29) is 0 Å². The van der Waals surface area contributed by atoms with Crippen LogP contribution in [0.5, 0.6) is 0 Å². The standard InChI is InChI=1S/C49H31N3O/c1-3-14-32(15-4-1)34-18-11-19-35(30-34)36-20-12-21-37(31-36)38-28-29-43(40-23-8-7-22-39(38)40)48-50-47(33-16-5-2-6-17-33)51-49(52-48)44-26-13-25-42-41-24-9-10-27-45(41)53-46(42)44/h1-31H. The molecule has 2 aromatic heterocycles. The van der Waals surface area contributed by atoms with Gasteiger partial charge in [-0.15, -0.1) is 0 Å². The topological polar surface area (TPSA) is 51.8 Å². The molecule has 53 heavy (non-hydrogen) atoms. The summed E-state index contributed by atoms with van der Waals surface area (Å²) in [6.45, 7) is 0. The van der Waals surface area contributed by atoms with E-state index in [1.54, 1.807) is 0 Å². The molecule has 0 unspecified atom stereocenters. The van der Waals surface area contributed by atoms with Crippen LogP contribution < -0.4 is 0 Å². The SMILES string of the molecule is c1ccc(-c2cccc(-c3cccc(-c4ccc(-c5nc(-c6ccccc6)nc(-c6cccc7c6oc6ccccc67)n5)c5ccccc45)c3)c2)cc1. The highest BCUT2D eigenvalue weighted by Crippen LogP contribution is 2.39. The molecule has 248 valence electrons. The van der Waals surface area contributed by atoms with Crippen LogP contribution in [0.1, 0.15) is 0 Å². The molecule has 0 spiro atoms. The van der Waals surface area contributed by atoms with E-state index >= 15 is 0 Å². The van der Waals surface area contributed by atoms with Crippen LogP contribution in [0.4, 0.5) is 0 Å². The number of para-hydroxylation sites is 2. The summed E-state index contributed by atoms with van der Waals surface area (Å²) in [5.74, 6) is 1.78. The number of nitrogens with zero attached hydrogens (tertiary/aromatic N) is 3. The predicted molar refractivity (Wildman–Crippen MR) is 217 cm³/mol. The summed E-state index contributed by atoms with van der Waals surface area (Å²) in [7, 11) is 0. The van der Waals surface area contributed by atoms with Gasteiger partial charge in [-0.1, -0.05) is 158 Å². The van der Waals surface area contributed by atoms with E-state index in [0.717, 1.165) is 60.5 Å². The molecule has 0 amide bonds. The van der Waals surface area contributed by atoms with Gasteiger partial charge in [0.15, 0.2) is 17.5 Å². The summed E-state index contributed by atoms with van der Waals surface area (Å²) in [5.41, 5.74) is 11.3. The van der Waals surface area contributed by atoms with Crippen LogP contribution in [0.2, 0.25) is 0 Å². The van der Waals surface area contributed by atoms with Crippen LogP contribution in [-0.4, -0.2) is 15.0 Å². The number of fused-ring (bicyclic) bond motifs is 4. The minimum atomic E-state index is 0.567. The van der Waals surface area contributed by atoms with Crippen molar-refractivity contribution in [3.05, 3.63) is 188 Å². The third-order valence-corrected chi connectivity index (χ3v) is 9.95. The highest BCUT2D eigenvalue weighted by molar-refractivity contribution is 6.09. The first-order chi connectivity index (χ1) is 26.3. The summed E-state index contributed by atoms with van der Waals surface area (Å²) >= 11 is 0. The third-order valence-electron chi connectivity index (χ3n) is 9.95. The minimum Gasteiger partial charge on any atom is -0.455 e. The van der Waals surface area contributed by atoms with Crippen molar-refractivity contribution in [2.24, 2.45) is 0 Å². The normalized spacial score (nSPS) is 11.4. The molecule has 0 aliphatic heterocycles. The first-order valence-corrected chi connectivity index (χ1v) is 17.8. The molecule has 0 radical (unpaired) electrons. The van der Waals surface area contributed by atoms with E-state index in [0.29, 0.717) is 17.5 Å². The zero-order chi connectivity index (χ0) is 35.1. The summed E-state index contributed by atoms with van der Waals surface area (Å²) < 4.78 is 6.43. The maximum Gasteiger partial charge on any atom is 0.167 e. The van der Waals surface area contributed by atoms with Gasteiger partial charge in [0.2, 0.25) is 0 Å². The molecule has 4 heteroatoms. The second-order valence-corrected chi connectivity index (χ2v) is 13.2. The Morgan fingerprint density at radius 3 is 1.49 bits per heavy atom. The number of hydrogen-bond acceptors (Lipinski definition) is 4. The van der Waals surface area contributed by atoms with Crippen molar-refractivity contribution in [3.8, 4) is 67.5 Å². The molecule has 4 nitrogen and oxygen atoms in total. The van der Waals surface area contributed by atoms with Crippen molar-refractivity contribution in [2.45, 2.75) is 0 Å². The largest absolute Gasteiger partial charge is 0.455 e. The molecule has 0 aliphatic carbocycles. The summed E-state index contributed by atoms with van der Waals surface area (Å²) in [4.78, 5) is 15.3. The predicted octanol–water partition coefficient (Wildman–Crippen LogP) is 12.9. The number of aromatic nitrogens is 3. The molecule has 0 bridgehead atoms. The number of hydrogen-bond donors (Lipinski definition) is 0. The molecule has 2 heterocycles. The van der Waals surface area contributed by atoms with Gasteiger partial charge < -0.3 is 4.42 Å². The molecule has 10 rings (SSSR count). The van der Waals surface area contributed by atoms with Gasteiger partial charge in [-0.3, -0.25) is 0 Å². The molecule has 0 aliphatic rings. The molecule has 0 atom stereocenters. The minimum absolute atomic E-state index is 0.567. The molecular weight excluding hydrogens is 647 g/mol. The lowest BCUT2D eigenvalue weighted by Gasteiger charge is -2.14. The fourth-order valence-electron chi connectivity index (χ4n) is 7.38. The van der Waals surface area contributed by atoms with Crippen molar-refractivity contribution in [1.82, 2.24) is 15.0 Å². The van der Waals surface area contributed by atoms with Crippen LogP contribution in [0.3, 0.4) is 0 Å². The molecule has 0 fully saturated rings. The maximum atomic E-state index is 6.43. The molecule has 8 aromatic carbocycles. The summed E-state index contributed by atoms with van der Waals surface area (Å²) in [6, 6.07) is 65.3. The van der Waals surface area contributed by atoms with Gasteiger partial charge >= 0.3 is 0 Å². The van der Waals surface area contributed by atoms with E-state index in [4.69, 9.17) is 19.4 Å². The van der Waals surface area contributed by atoms with Gasteiger partial charge in [0, 0.05) is 21.9 Å². The molecule has 10 aromatic rings. The molecular formula is C49H31N3O. The van der Waals surface area contributed by atoms with Gasteiger partial charge in [0.05, 0.1) is 5.56 Å². The average molecular weight is 678 g/mol. The number of furan rings is 1. The Morgan fingerprint density at radius 2 is 0.755 bits per heavy atom. The van der Waals surface area contributed by atoms with Crippen molar-refractivity contribution < 1.29 is 4.42 Å². The van der Waals surface area contributed by atoms with Crippen molar-refractivity contribution in [3.63, 3.8) is 0 Å². The van der Waals surface area contributed by atoms with Crippen LogP contribution >= 0.6 is 0 Å². The lowest BCUT2D eigenvalue weighted by atomic mass is 9.92. The van der Waals surface area contributed by atoms with E-state index in [2.05, 4.69) is 127 Å². The van der Waals surface area contributed by atoms with E-state index in [9.17, 15) is 0 Å². The number of benzene rings is 8. The quantitative estimate of drug-likeness (QED) is 0.176. The van der Waals surface area contributed by atoms with E-state index < -0.39 is 0 Å². The van der Waals surface area contributed by atoms with Crippen molar-refractivity contribution in [2.75, 3.05) is 0 Å². The third kappa shape index (κ3) is 5.54. The Balaban J connectivity index is 1.12. The van der Waals surface area contributed by atoms with Crippen LogP contribution in [-0.2, 0) is 0 Å². The highest BCUT2D eigenvalue weighted by Gasteiger charge is 2.19. The van der Waals surface area contributed by atoms with Gasteiger partial charge in [-0.25, -0.2) is 15.0 Å².